The number of carbonyl (C=O) groups excluding carboxylic acids is 1. The molecule has 6 heteroatoms. The molecule has 0 radical (unpaired) electrons. The largest absolute Gasteiger partial charge is 0.481 e. The summed E-state index contributed by atoms with van der Waals surface area (Å²) < 4.78 is 1.68. The first-order valence-corrected chi connectivity index (χ1v) is 7.22. The van der Waals surface area contributed by atoms with Gasteiger partial charge in [-0.15, -0.1) is 0 Å². The van der Waals surface area contributed by atoms with E-state index in [1.165, 1.54) is 6.08 Å². The van der Waals surface area contributed by atoms with Crippen LogP contribution < -0.4 is 5.32 Å². The molecular formula is C15H21N3O3. The SMILES string of the molecule is Cn1cc(/C=C/C(=O)NCC2CCC(C(=O)O)CC2)cn1. The second-order valence-electron chi connectivity index (χ2n) is 5.58. The first-order chi connectivity index (χ1) is 10.0. The van der Waals surface area contributed by atoms with E-state index in [0.29, 0.717) is 25.3 Å². The zero-order chi connectivity index (χ0) is 15.2. The number of aryl methyl sites for hydroxylation is 1. The average molecular weight is 291 g/mol. The van der Waals surface area contributed by atoms with E-state index in [1.54, 1.807) is 17.0 Å². The minimum atomic E-state index is -0.697. The van der Waals surface area contributed by atoms with Crippen LogP contribution in [0.5, 0.6) is 0 Å². The number of hydrogen-bond acceptors (Lipinski definition) is 3. The van der Waals surface area contributed by atoms with Gasteiger partial charge in [-0.3, -0.25) is 14.3 Å². The summed E-state index contributed by atoms with van der Waals surface area (Å²) in [5.74, 6) is -0.644. The van der Waals surface area contributed by atoms with Gasteiger partial charge in [-0.1, -0.05) is 0 Å². The van der Waals surface area contributed by atoms with Crippen LogP contribution >= 0.6 is 0 Å². The fourth-order valence-corrected chi connectivity index (χ4v) is 2.62. The van der Waals surface area contributed by atoms with Gasteiger partial charge in [-0.2, -0.15) is 5.10 Å². The minimum Gasteiger partial charge on any atom is -0.481 e. The molecule has 0 spiro atoms. The molecule has 0 saturated heterocycles. The van der Waals surface area contributed by atoms with Gasteiger partial charge in [0.25, 0.3) is 0 Å². The van der Waals surface area contributed by atoms with E-state index in [0.717, 1.165) is 18.4 Å². The lowest BCUT2D eigenvalue weighted by Gasteiger charge is -2.25. The van der Waals surface area contributed by atoms with Crippen molar-refractivity contribution in [1.82, 2.24) is 15.1 Å². The normalized spacial score (nSPS) is 22.3. The van der Waals surface area contributed by atoms with Crippen molar-refractivity contribution >= 4 is 18.0 Å². The van der Waals surface area contributed by atoms with Crippen LogP contribution in [-0.4, -0.2) is 33.3 Å². The third-order valence-electron chi connectivity index (χ3n) is 3.91. The van der Waals surface area contributed by atoms with Crippen LogP contribution in [0, 0.1) is 11.8 Å². The van der Waals surface area contributed by atoms with Crippen molar-refractivity contribution in [2.45, 2.75) is 25.7 Å². The number of hydrogen-bond donors (Lipinski definition) is 2. The molecule has 2 N–H and O–H groups in total. The summed E-state index contributed by atoms with van der Waals surface area (Å²) in [6.07, 6.45) is 9.90. The highest BCUT2D eigenvalue weighted by molar-refractivity contribution is 5.91. The molecule has 0 bridgehead atoms. The van der Waals surface area contributed by atoms with E-state index in [-0.39, 0.29) is 11.8 Å². The van der Waals surface area contributed by atoms with Gasteiger partial charge in [-0.25, -0.2) is 0 Å². The van der Waals surface area contributed by atoms with E-state index in [1.807, 2.05) is 13.2 Å². The Morgan fingerprint density at radius 2 is 2.14 bits per heavy atom. The molecule has 6 nitrogen and oxygen atoms in total. The van der Waals surface area contributed by atoms with Crippen molar-refractivity contribution in [3.8, 4) is 0 Å². The number of carboxylic acids is 1. The molecule has 0 aliphatic heterocycles. The maximum absolute atomic E-state index is 11.7. The Labute approximate surface area is 123 Å². The molecule has 0 aromatic carbocycles. The Morgan fingerprint density at radius 1 is 1.43 bits per heavy atom. The smallest absolute Gasteiger partial charge is 0.306 e. The fraction of sp³-hybridized carbons (Fsp3) is 0.533. The number of nitrogens with one attached hydrogen (secondary N) is 1. The number of carbonyl (C=O) groups is 2. The Bertz CT molecular complexity index is 528. The highest BCUT2D eigenvalue weighted by Gasteiger charge is 2.25. The van der Waals surface area contributed by atoms with Crippen LogP contribution in [0.15, 0.2) is 18.5 Å². The van der Waals surface area contributed by atoms with E-state index < -0.39 is 5.97 Å². The number of carboxylic acid groups (broad SMARTS) is 1. The number of aliphatic carboxylic acids is 1. The van der Waals surface area contributed by atoms with Gasteiger partial charge in [0, 0.05) is 31.4 Å². The summed E-state index contributed by atoms with van der Waals surface area (Å²) in [7, 11) is 1.82. The van der Waals surface area contributed by atoms with E-state index in [2.05, 4.69) is 10.4 Å². The summed E-state index contributed by atoms with van der Waals surface area (Å²) in [6, 6.07) is 0. The molecule has 2 rings (SSSR count). The molecule has 1 aromatic rings. The fourth-order valence-electron chi connectivity index (χ4n) is 2.62. The molecule has 21 heavy (non-hydrogen) atoms. The number of amides is 1. The number of aromatic nitrogens is 2. The second kappa shape index (κ2) is 7.06. The zero-order valence-electron chi connectivity index (χ0n) is 12.2. The van der Waals surface area contributed by atoms with Gasteiger partial charge in [0.05, 0.1) is 12.1 Å². The zero-order valence-corrected chi connectivity index (χ0v) is 12.2. The highest BCUT2D eigenvalue weighted by atomic mass is 16.4. The van der Waals surface area contributed by atoms with E-state index in [9.17, 15) is 9.59 Å². The van der Waals surface area contributed by atoms with E-state index in [4.69, 9.17) is 5.11 Å². The van der Waals surface area contributed by atoms with Crippen molar-refractivity contribution in [2.24, 2.45) is 18.9 Å². The first kappa shape index (κ1) is 15.3. The Morgan fingerprint density at radius 3 is 2.71 bits per heavy atom. The molecule has 0 unspecified atom stereocenters. The third kappa shape index (κ3) is 4.73. The van der Waals surface area contributed by atoms with Gasteiger partial charge in [0.2, 0.25) is 5.91 Å². The summed E-state index contributed by atoms with van der Waals surface area (Å²) >= 11 is 0. The van der Waals surface area contributed by atoms with Crippen LogP contribution in [0.4, 0.5) is 0 Å². The highest BCUT2D eigenvalue weighted by Crippen LogP contribution is 2.28. The summed E-state index contributed by atoms with van der Waals surface area (Å²) in [6.45, 7) is 0.614. The molecule has 1 fully saturated rings. The molecule has 1 saturated carbocycles. The Balaban J connectivity index is 1.70. The molecule has 1 amide bonds. The predicted molar refractivity (Wildman–Crippen MR) is 78.3 cm³/mol. The summed E-state index contributed by atoms with van der Waals surface area (Å²) in [5.41, 5.74) is 0.884. The average Bonchev–Trinajstić information content (AvgIpc) is 2.89. The number of nitrogens with zero attached hydrogens (tertiary/aromatic N) is 2. The van der Waals surface area contributed by atoms with Gasteiger partial charge < -0.3 is 10.4 Å². The lowest BCUT2D eigenvalue weighted by Crippen LogP contribution is -2.31. The van der Waals surface area contributed by atoms with Crippen molar-refractivity contribution in [1.29, 1.82) is 0 Å². The molecule has 1 aliphatic carbocycles. The maximum atomic E-state index is 11.7. The molecule has 114 valence electrons. The minimum absolute atomic E-state index is 0.126. The van der Waals surface area contributed by atoms with Crippen LogP contribution in [0.1, 0.15) is 31.2 Å². The first-order valence-electron chi connectivity index (χ1n) is 7.22. The van der Waals surface area contributed by atoms with Gasteiger partial charge in [-0.05, 0) is 37.7 Å². The topological polar surface area (TPSA) is 84.2 Å². The van der Waals surface area contributed by atoms with Gasteiger partial charge >= 0.3 is 5.97 Å². The quantitative estimate of drug-likeness (QED) is 0.804. The molecule has 1 heterocycles. The summed E-state index contributed by atoms with van der Waals surface area (Å²) in [5, 5.41) is 15.8. The van der Waals surface area contributed by atoms with Gasteiger partial charge in [0.15, 0.2) is 0 Å². The predicted octanol–water partition coefficient (Wildman–Crippen LogP) is 1.44. The van der Waals surface area contributed by atoms with Crippen molar-refractivity contribution in [3.63, 3.8) is 0 Å². The van der Waals surface area contributed by atoms with Crippen molar-refractivity contribution < 1.29 is 14.7 Å². The standard InChI is InChI=1S/C15H21N3O3/c1-18-10-12(9-17-18)4-7-14(19)16-8-11-2-5-13(6-3-11)15(20)21/h4,7,9-11,13H,2-3,5-6,8H2,1H3,(H,16,19)(H,20,21)/b7-4+. The molecule has 1 aliphatic rings. The Hall–Kier alpha value is -2.11. The van der Waals surface area contributed by atoms with Crippen LogP contribution in [0.2, 0.25) is 0 Å². The van der Waals surface area contributed by atoms with Crippen molar-refractivity contribution in [3.05, 3.63) is 24.0 Å². The van der Waals surface area contributed by atoms with Crippen molar-refractivity contribution in [2.75, 3.05) is 6.54 Å². The Kier molecular flexibility index (Phi) is 5.14. The van der Waals surface area contributed by atoms with Crippen LogP contribution in [0.25, 0.3) is 6.08 Å². The van der Waals surface area contributed by atoms with Crippen LogP contribution in [-0.2, 0) is 16.6 Å². The van der Waals surface area contributed by atoms with Gasteiger partial charge in [0.1, 0.15) is 0 Å². The third-order valence-corrected chi connectivity index (χ3v) is 3.91. The molecular weight excluding hydrogens is 270 g/mol. The van der Waals surface area contributed by atoms with E-state index >= 15 is 0 Å². The lowest BCUT2D eigenvalue weighted by molar-refractivity contribution is -0.143. The second-order valence-corrected chi connectivity index (χ2v) is 5.58. The maximum Gasteiger partial charge on any atom is 0.306 e. The molecule has 1 aromatic heterocycles. The lowest BCUT2D eigenvalue weighted by atomic mass is 9.82. The monoisotopic (exact) mass is 291 g/mol. The molecule has 0 atom stereocenters. The van der Waals surface area contributed by atoms with Crippen LogP contribution in [0.3, 0.4) is 0 Å². The number of rotatable bonds is 5. The summed E-state index contributed by atoms with van der Waals surface area (Å²) in [4.78, 5) is 22.6.